The fourth-order valence-corrected chi connectivity index (χ4v) is 4.24. The van der Waals surface area contributed by atoms with Crippen molar-refractivity contribution in [1.82, 2.24) is 0 Å². The largest absolute Gasteiger partial charge is 0.508 e. The Bertz CT molecular complexity index is 795. The number of hydrogen-bond acceptors (Lipinski definition) is 5. The number of benzene rings is 1. The summed E-state index contributed by atoms with van der Waals surface area (Å²) in [5.74, 6) is 0.191. The van der Waals surface area contributed by atoms with Crippen molar-refractivity contribution in [3.8, 4) is 11.5 Å². The molecule has 0 radical (unpaired) electrons. The molecule has 4 atom stereocenters. The van der Waals surface area contributed by atoms with Gasteiger partial charge in [0.2, 0.25) is 0 Å². The lowest BCUT2D eigenvalue weighted by Crippen LogP contribution is -2.43. The maximum absolute atomic E-state index is 12.2. The number of allylic oxidation sites excluding steroid dienone is 1. The van der Waals surface area contributed by atoms with Crippen molar-refractivity contribution in [3.63, 3.8) is 0 Å². The number of aldehydes is 1. The highest BCUT2D eigenvalue weighted by Gasteiger charge is 2.44. The maximum atomic E-state index is 12.2. The van der Waals surface area contributed by atoms with E-state index < -0.39 is 6.10 Å². The number of phenols is 2. The molecule has 0 aromatic heterocycles. The van der Waals surface area contributed by atoms with Crippen molar-refractivity contribution in [1.29, 1.82) is 0 Å². The molecule has 3 N–H and O–H groups in total. The molecule has 1 aliphatic carbocycles. The molecule has 0 amide bonds. The predicted octanol–water partition coefficient (Wildman–Crippen LogP) is 4.10. The van der Waals surface area contributed by atoms with Crippen LogP contribution in [0.25, 0.3) is 0 Å². The van der Waals surface area contributed by atoms with Gasteiger partial charge in [0.05, 0.1) is 11.7 Å². The third-order valence-corrected chi connectivity index (χ3v) is 6.95. The molecule has 1 aromatic rings. The monoisotopic (exact) mass is 388 g/mol. The summed E-state index contributed by atoms with van der Waals surface area (Å²) in [5, 5.41) is 31.2. The van der Waals surface area contributed by atoms with Gasteiger partial charge in [-0.1, -0.05) is 26.8 Å². The van der Waals surface area contributed by atoms with Crippen LogP contribution < -0.4 is 0 Å². The molecule has 1 aliphatic rings. The van der Waals surface area contributed by atoms with E-state index in [1.165, 1.54) is 6.07 Å². The van der Waals surface area contributed by atoms with Crippen LogP contribution in [0.3, 0.4) is 0 Å². The van der Waals surface area contributed by atoms with Gasteiger partial charge in [0, 0.05) is 17.9 Å². The first-order chi connectivity index (χ1) is 13.0. The summed E-state index contributed by atoms with van der Waals surface area (Å²) in [5.41, 5.74) is 1.37. The normalized spacial score (nSPS) is 26.9. The minimum absolute atomic E-state index is 0.0776. The van der Waals surface area contributed by atoms with E-state index in [2.05, 4.69) is 13.8 Å². The number of phenolic OH excluding ortho intramolecular Hbond substituents is 2. The first-order valence-electron chi connectivity index (χ1n) is 9.89. The quantitative estimate of drug-likeness (QED) is 0.504. The standard InChI is InChI=1S/C23H32O5/c1-13(6-8-17-20(26)10-14(2)18(12-24)22(17)28)21(27)11-23(5)15(3)7-9-19(25)16(23)4/h6,10,12,15-16,21,26-28H,7-9,11H2,1-5H3/b13-6+. The lowest BCUT2D eigenvalue weighted by Gasteiger charge is -2.45. The Labute approximate surface area is 167 Å². The number of aryl methyl sites for hydroxylation is 1. The molecule has 0 aliphatic heterocycles. The zero-order valence-electron chi connectivity index (χ0n) is 17.5. The van der Waals surface area contributed by atoms with Crippen molar-refractivity contribution in [3.05, 3.63) is 34.4 Å². The van der Waals surface area contributed by atoms with Crippen LogP contribution >= 0.6 is 0 Å². The van der Waals surface area contributed by atoms with E-state index in [0.717, 1.165) is 6.42 Å². The van der Waals surface area contributed by atoms with Crippen molar-refractivity contribution < 1.29 is 24.9 Å². The van der Waals surface area contributed by atoms with Gasteiger partial charge in [-0.2, -0.15) is 0 Å². The van der Waals surface area contributed by atoms with Gasteiger partial charge in [0.25, 0.3) is 0 Å². The molecule has 2 rings (SSSR count). The summed E-state index contributed by atoms with van der Waals surface area (Å²) in [7, 11) is 0. The maximum Gasteiger partial charge on any atom is 0.154 e. The van der Waals surface area contributed by atoms with E-state index in [-0.39, 0.29) is 46.2 Å². The summed E-state index contributed by atoms with van der Waals surface area (Å²) in [4.78, 5) is 23.4. The summed E-state index contributed by atoms with van der Waals surface area (Å²) in [6, 6.07) is 1.45. The fourth-order valence-electron chi connectivity index (χ4n) is 4.24. The van der Waals surface area contributed by atoms with Crippen LogP contribution in [0.5, 0.6) is 11.5 Å². The molecule has 28 heavy (non-hydrogen) atoms. The molecule has 1 aromatic carbocycles. The van der Waals surface area contributed by atoms with Crippen molar-refractivity contribution in [2.45, 2.75) is 66.4 Å². The molecule has 0 bridgehead atoms. The van der Waals surface area contributed by atoms with Crippen LogP contribution in [0.4, 0.5) is 0 Å². The molecule has 1 saturated carbocycles. The molecular weight excluding hydrogens is 356 g/mol. The Hall–Kier alpha value is -2.14. The van der Waals surface area contributed by atoms with Gasteiger partial charge in [-0.3, -0.25) is 9.59 Å². The topological polar surface area (TPSA) is 94.8 Å². The summed E-state index contributed by atoms with van der Waals surface area (Å²) >= 11 is 0. The van der Waals surface area contributed by atoms with E-state index in [1.807, 2.05) is 6.92 Å². The second kappa shape index (κ2) is 8.48. The number of carbonyl (C=O) groups excluding carboxylic acids is 2. The molecule has 0 spiro atoms. The van der Waals surface area contributed by atoms with Gasteiger partial charge in [0.1, 0.15) is 17.3 Å². The third-order valence-electron chi connectivity index (χ3n) is 6.95. The number of carbonyl (C=O) groups is 2. The molecular formula is C23H32O5. The fraction of sp³-hybridized carbons (Fsp3) is 0.565. The van der Waals surface area contributed by atoms with Gasteiger partial charge in [-0.25, -0.2) is 0 Å². The van der Waals surface area contributed by atoms with Gasteiger partial charge in [0.15, 0.2) is 6.29 Å². The number of hydrogen-bond donors (Lipinski definition) is 3. The number of aromatic hydroxyl groups is 2. The predicted molar refractivity (Wildman–Crippen MR) is 109 cm³/mol. The van der Waals surface area contributed by atoms with Crippen molar-refractivity contribution >= 4 is 12.1 Å². The van der Waals surface area contributed by atoms with Crippen molar-refractivity contribution in [2.24, 2.45) is 17.3 Å². The molecule has 1 fully saturated rings. The van der Waals surface area contributed by atoms with E-state index in [1.54, 1.807) is 19.9 Å². The Morgan fingerprint density at radius 2 is 2.00 bits per heavy atom. The Morgan fingerprint density at radius 1 is 1.36 bits per heavy atom. The number of ketones is 1. The average molecular weight is 389 g/mol. The van der Waals surface area contributed by atoms with Gasteiger partial charge in [-0.15, -0.1) is 0 Å². The zero-order chi connectivity index (χ0) is 21.2. The molecule has 4 unspecified atom stereocenters. The van der Waals surface area contributed by atoms with Gasteiger partial charge >= 0.3 is 0 Å². The Morgan fingerprint density at radius 3 is 2.61 bits per heavy atom. The van der Waals surface area contributed by atoms with Crippen LogP contribution in [0.2, 0.25) is 0 Å². The van der Waals surface area contributed by atoms with Crippen LogP contribution in [0.15, 0.2) is 17.7 Å². The van der Waals surface area contributed by atoms with E-state index >= 15 is 0 Å². The highest BCUT2D eigenvalue weighted by molar-refractivity contribution is 5.83. The molecule has 5 nitrogen and oxygen atoms in total. The first-order valence-corrected chi connectivity index (χ1v) is 9.89. The molecule has 0 saturated heterocycles. The average Bonchev–Trinajstić information content (AvgIpc) is 2.63. The lowest BCUT2D eigenvalue weighted by molar-refractivity contribution is -0.133. The Kier molecular flexibility index (Phi) is 6.71. The minimum atomic E-state index is -0.721. The second-order valence-corrected chi connectivity index (χ2v) is 8.58. The highest BCUT2D eigenvalue weighted by atomic mass is 16.3. The smallest absolute Gasteiger partial charge is 0.154 e. The number of aliphatic hydroxyl groups excluding tert-OH is 1. The van der Waals surface area contributed by atoms with Crippen LogP contribution in [0.1, 0.15) is 68.4 Å². The summed E-state index contributed by atoms with van der Waals surface area (Å²) < 4.78 is 0. The summed E-state index contributed by atoms with van der Waals surface area (Å²) in [6.45, 7) is 9.61. The third kappa shape index (κ3) is 4.14. The van der Waals surface area contributed by atoms with E-state index in [0.29, 0.717) is 36.2 Å². The molecule has 154 valence electrons. The van der Waals surface area contributed by atoms with Gasteiger partial charge < -0.3 is 15.3 Å². The highest BCUT2D eigenvalue weighted by Crippen LogP contribution is 2.47. The van der Waals surface area contributed by atoms with E-state index in [4.69, 9.17) is 0 Å². The first kappa shape index (κ1) is 22.2. The second-order valence-electron chi connectivity index (χ2n) is 8.58. The van der Waals surface area contributed by atoms with Gasteiger partial charge in [-0.05, 0) is 61.6 Å². The number of rotatable bonds is 6. The van der Waals surface area contributed by atoms with Crippen LogP contribution in [0, 0.1) is 24.2 Å². The van der Waals surface area contributed by atoms with E-state index in [9.17, 15) is 24.9 Å². The molecule has 5 heteroatoms. The number of Topliss-reactive ketones (excluding diaryl/α,β-unsaturated/α-hetero) is 1. The summed E-state index contributed by atoms with van der Waals surface area (Å²) in [6.07, 6.45) is 3.73. The zero-order valence-corrected chi connectivity index (χ0v) is 17.5. The van der Waals surface area contributed by atoms with Crippen molar-refractivity contribution in [2.75, 3.05) is 0 Å². The number of aliphatic hydroxyl groups is 1. The van der Waals surface area contributed by atoms with Crippen LogP contribution in [-0.2, 0) is 11.2 Å². The lowest BCUT2D eigenvalue weighted by atomic mass is 9.59. The Balaban J connectivity index is 2.20. The SMILES string of the molecule is C/C(=C\Cc1c(O)cc(C)c(C=O)c1O)C(O)CC1(C)C(C)CCC(=O)C1C. The molecule has 0 heterocycles. The van der Waals surface area contributed by atoms with Crippen LogP contribution in [-0.4, -0.2) is 33.5 Å². The minimum Gasteiger partial charge on any atom is -0.508 e.